The Balaban J connectivity index is 1.71. The highest BCUT2D eigenvalue weighted by atomic mass is 16.6. The monoisotopic (exact) mass is 394 g/mol. The van der Waals surface area contributed by atoms with Crippen LogP contribution in [-0.4, -0.2) is 40.5 Å². The Labute approximate surface area is 170 Å². The number of nitrogens with one attached hydrogen (secondary N) is 2. The third-order valence-corrected chi connectivity index (χ3v) is 4.02. The molecule has 1 aromatic carbocycles. The maximum atomic E-state index is 11.7. The molecule has 0 atom stereocenters. The summed E-state index contributed by atoms with van der Waals surface area (Å²) in [7, 11) is 0. The fourth-order valence-corrected chi connectivity index (χ4v) is 2.69. The number of aromatic amines is 1. The molecule has 0 unspecified atom stereocenters. The Morgan fingerprint density at radius 2 is 1.97 bits per heavy atom. The summed E-state index contributed by atoms with van der Waals surface area (Å²) in [6.07, 6.45) is 3.05. The third-order valence-electron chi connectivity index (χ3n) is 4.02. The second-order valence-corrected chi connectivity index (χ2v) is 7.71. The Morgan fingerprint density at radius 1 is 1.21 bits per heavy atom. The summed E-state index contributed by atoms with van der Waals surface area (Å²) in [5.74, 6) is 0. The van der Waals surface area contributed by atoms with Crippen LogP contribution in [0.4, 0.5) is 4.79 Å². The molecule has 0 saturated heterocycles. The van der Waals surface area contributed by atoms with Crippen LogP contribution < -0.4 is 5.32 Å². The first-order valence-electron chi connectivity index (χ1n) is 9.49. The van der Waals surface area contributed by atoms with Crippen LogP contribution in [0.25, 0.3) is 10.9 Å². The van der Waals surface area contributed by atoms with E-state index in [2.05, 4.69) is 20.4 Å². The van der Waals surface area contributed by atoms with E-state index < -0.39 is 11.7 Å². The van der Waals surface area contributed by atoms with Crippen molar-refractivity contribution in [3.8, 4) is 0 Å². The van der Waals surface area contributed by atoms with Crippen LogP contribution in [0.3, 0.4) is 0 Å². The zero-order valence-corrected chi connectivity index (χ0v) is 17.2. The number of benzene rings is 1. The highest BCUT2D eigenvalue weighted by Gasteiger charge is 2.15. The van der Waals surface area contributed by atoms with E-state index in [1.807, 2.05) is 64.1 Å². The number of H-pyrrole nitrogens is 1. The van der Waals surface area contributed by atoms with Gasteiger partial charge in [-0.05, 0) is 39.8 Å². The third kappa shape index (κ3) is 5.81. The van der Waals surface area contributed by atoms with E-state index in [4.69, 9.17) is 9.57 Å². The van der Waals surface area contributed by atoms with Gasteiger partial charge in [0.15, 0.2) is 0 Å². The van der Waals surface area contributed by atoms with Crippen molar-refractivity contribution in [3.63, 3.8) is 0 Å². The minimum Gasteiger partial charge on any atom is -0.444 e. The molecule has 0 bridgehead atoms. The Hall–Kier alpha value is -3.35. The molecule has 7 nitrogen and oxygen atoms in total. The number of carbonyl (C=O) groups is 1. The number of fused-ring (bicyclic) bond motifs is 1. The van der Waals surface area contributed by atoms with Gasteiger partial charge in [0.1, 0.15) is 17.9 Å². The summed E-state index contributed by atoms with van der Waals surface area (Å²) in [4.78, 5) is 24.7. The first kappa shape index (κ1) is 20.4. The van der Waals surface area contributed by atoms with Crippen molar-refractivity contribution in [1.82, 2.24) is 15.3 Å². The fourth-order valence-electron chi connectivity index (χ4n) is 2.69. The number of oxime groups is 1. The topological polar surface area (TPSA) is 88.6 Å². The van der Waals surface area contributed by atoms with Gasteiger partial charge in [0.05, 0.1) is 24.0 Å². The molecule has 1 amide bonds. The van der Waals surface area contributed by atoms with E-state index in [0.717, 1.165) is 27.7 Å². The second kappa shape index (κ2) is 8.77. The molecule has 2 heterocycles. The summed E-state index contributed by atoms with van der Waals surface area (Å²) in [6, 6.07) is 12.0. The Morgan fingerprint density at radius 3 is 2.66 bits per heavy atom. The average molecular weight is 394 g/mol. The van der Waals surface area contributed by atoms with Crippen molar-refractivity contribution in [3.05, 3.63) is 65.6 Å². The normalized spacial score (nSPS) is 12.1. The quantitative estimate of drug-likeness (QED) is 0.373. The highest BCUT2D eigenvalue weighted by Crippen LogP contribution is 2.18. The van der Waals surface area contributed by atoms with Crippen LogP contribution in [0.2, 0.25) is 0 Å². The maximum Gasteiger partial charge on any atom is 0.407 e. The van der Waals surface area contributed by atoms with Gasteiger partial charge in [-0.2, -0.15) is 0 Å². The molecule has 29 heavy (non-hydrogen) atoms. The van der Waals surface area contributed by atoms with Gasteiger partial charge in [-0.25, -0.2) is 4.79 Å². The van der Waals surface area contributed by atoms with Crippen molar-refractivity contribution in [2.75, 3.05) is 13.2 Å². The highest BCUT2D eigenvalue weighted by molar-refractivity contribution is 6.13. The number of aromatic nitrogens is 2. The number of hydrogen-bond acceptors (Lipinski definition) is 5. The lowest BCUT2D eigenvalue weighted by Gasteiger charge is -2.19. The lowest BCUT2D eigenvalue weighted by Crippen LogP contribution is -2.34. The molecular formula is C22H26N4O3. The number of ether oxygens (including phenoxy) is 1. The predicted molar refractivity (Wildman–Crippen MR) is 113 cm³/mol. The summed E-state index contributed by atoms with van der Waals surface area (Å²) in [5.41, 5.74) is 3.99. The number of aryl methyl sites for hydroxylation is 1. The van der Waals surface area contributed by atoms with E-state index in [9.17, 15) is 4.79 Å². The zero-order valence-electron chi connectivity index (χ0n) is 17.2. The van der Waals surface area contributed by atoms with Crippen LogP contribution >= 0.6 is 0 Å². The first-order chi connectivity index (χ1) is 13.8. The van der Waals surface area contributed by atoms with Gasteiger partial charge >= 0.3 is 6.09 Å². The summed E-state index contributed by atoms with van der Waals surface area (Å²) < 4.78 is 5.20. The lowest BCUT2D eigenvalue weighted by molar-refractivity contribution is 0.0502. The molecule has 3 rings (SSSR count). The van der Waals surface area contributed by atoms with E-state index >= 15 is 0 Å². The van der Waals surface area contributed by atoms with Crippen LogP contribution in [-0.2, 0) is 9.57 Å². The number of rotatable bonds is 6. The molecular weight excluding hydrogens is 368 g/mol. The number of pyridine rings is 1. The van der Waals surface area contributed by atoms with E-state index in [1.165, 1.54) is 0 Å². The van der Waals surface area contributed by atoms with Gasteiger partial charge in [-0.1, -0.05) is 35.0 Å². The largest absolute Gasteiger partial charge is 0.444 e. The number of amides is 1. The van der Waals surface area contributed by atoms with Crippen molar-refractivity contribution in [1.29, 1.82) is 0 Å². The van der Waals surface area contributed by atoms with Gasteiger partial charge in [-0.15, -0.1) is 0 Å². The average Bonchev–Trinajstić information content (AvgIpc) is 3.08. The van der Waals surface area contributed by atoms with Crippen molar-refractivity contribution >= 4 is 22.7 Å². The minimum atomic E-state index is -0.536. The van der Waals surface area contributed by atoms with Crippen LogP contribution in [0.1, 0.15) is 37.6 Å². The smallest absolute Gasteiger partial charge is 0.407 e. The summed E-state index contributed by atoms with van der Waals surface area (Å²) in [6.45, 7) is 7.99. The molecule has 0 aliphatic rings. The Kier molecular flexibility index (Phi) is 6.16. The van der Waals surface area contributed by atoms with Crippen LogP contribution in [0.15, 0.2) is 53.9 Å². The van der Waals surface area contributed by atoms with Gasteiger partial charge in [0, 0.05) is 17.1 Å². The fraction of sp³-hybridized carbons (Fsp3) is 0.318. The zero-order chi connectivity index (χ0) is 20.9. The molecule has 2 aromatic heterocycles. The van der Waals surface area contributed by atoms with E-state index in [-0.39, 0.29) is 13.2 Å². The van der Waals surface area contributed by atoms with Gasteiger partial charge in [-0.3, -0.25) is 4.98 Å². The maximum absolute atomic E-state index is 11.7. The summed E-state index contributed by atoms with van der Waals surface area (Å²) in [5, 5.41) is 8.03. The van der Waals surface area contributed by atoms with Gasteiger partial charge in [0.25, 0.3) is 0 Å². The molecule has 2 N–H and O–H groups in total. The molecule has 0 spiro atoms. The minimum absolute atomic E-state index is 0.219. The number of carbonyl (C=O) groups excluding carboxylic acids is 1. The number of hydrogen-bond donors (Lipinski definition) is 2. The molecule has 7 heteroatoms. The molecule has 3 aromatic rings. The first-order valence-corrected chi connectivity index (χ1v) is 9.49. The second-order valence-electron chi connectivity index (χ2n) is 7.71. The van der Waals surface area contributed by atoms with Crippen LogP contribution in [0.5, 0.6) is 0 Å². The number of nitrogens with zero attached hydrogens (tertiary/aromatic N) is 2. The number of alkyl carbamates (subject to hydrolysis) is 1. The molecule has 0 radical (unpaired) electrons. The molecule has 0 aliphatic carbocycles. The molecule has 0 saturated carbocycles. The standard InChI is InChI=1S/C22H26N4O3/c1-15-5-7-16(8-6-15)20(18-13-17-9-10-23-14-19(17)25-18)26-28-12-11-24-21(27)29-22(2,3)4/h5-10,13-14,25H,11-12H2,1-4H3,(H,24,27). The van der Waals surface area contributed by atoms with Crippen LogP contribution in [0, 0.1) is 6.92 Å². The van der Waals surface area contributed by atoms with Gasteiger partial charge < -0.3 is 19.9 Å². The predicted octanol–water partition coefficient (Wildman–Crippen LogP) is 4.17. The lowest BCUT2D eigenvalue weighted by atomic mass is 10.1. The molecule has 0 aliphatic heterocycles. The van der Waals surface area contributed by atoms with Gasteiger partial charge in [0.2, 0.25) is 0 Å². The summed E-state index contributed by atoms with van der Waals surface area (Å²) >= 11 is 0. The van der Waals surface area contributed by atoms with Crippen molar-refractivity contribution < 1.29 is 14.4 Å². The van der Waals surface area contributed by atoms with E-state index in [1.54, 1.807) is 12.4 Å². The van der Waals surface area contributed by atoms with Crippen molar-refractivity contribution in [2.45, 2.75) is 33.3 Å². The van der Waals surface area contributed by atoms with E-state index in [0.29, 0.717) is 5.71 Å². The Bertz CT molecular complexity index is 968. The van der Waals surface area contributed by atoms with Crippen molar-refractivity contribution in [2.24, 2.45) is 5.16 Å². The SMILES string of the molecule is Cc1ccc(C(=NOCCNC(=O)OC(C)(C)C)c2cc3ccncc3[nH]2)cc1. The molecule has 0 fully saturated rings. The molecule has 152 valence electrons.